The number of hydrogen-bond acceptors (Lipinski definition) is 9. The predicted molar refractivity (Wildman–Crippen MR) is 145 cm³/mol. The fourth-order valence-corrected chi connectivity index (χ4v) is 5.25. The number of esters is 1. The van der Waals surface area contributed by atoms with Crippen LogP contribution in [-0.4, -0.2) is 46.7 Å². The second-order valence-electron chi connectivity index (χ2n) is 8.94. The molecule has 202 valence electrons. The fourth-order valence-electron chi connectivity index (χ4n) is 4.26. The number of amides is 1. The van der Waals surface area contributed by atoms with Crippen molar-refractivity contribution in [2.24, 2.45) is 5.92 Å². The average Bonchev–Trinajstić information content (AvgIpc) is 3.44. The lowest BCUT2D eigenvalue weighted by Gasteiger charge is -2.25. The number of carbonyl (C=O) groups excluding carboxylic acids is 4. The molecule has 1 fully saturated rings. The summed E-state index contributed by atoms with van der Waals surface area (Å²) >= 11 is 0.899. The number of phenolic OH excluding ortho intramolecular Hbond substituents is 1. The van der Waals surface area contributed by atoms with Gasteiger partial charge in [0.15, 0.2) is 10.9 Å². The standard InChI is InChI=1S/C29H28N2O7S/c1-4-6-16-37-21-13-9-19(10-14-21)24(33)22-23(18-7-11-20(32)12-8-18)31(27(35)25(22)34)29-30-17(3)26(39-29)28(36)38-15-5-2/h5,7-14,22-23,32H,2,4,6,15-16H2,1,3H3. The minimum atomic E-state index is -1.37. The van der Waals surface area contributed by atoms with E-state index >= 15 is 0 Å². The molecule has 1 amide bonds. The Hall–Kier alpha value is -4.31. The summed E-state index contributed by atoms with van der Waals surface area (Å²) in [6.07, 6.45) is 3.31. The summed E-state index contributed by atoms with van der Waals surface area (Å²) in [6.45, 7) is 7.72. The lowest BCUT2D eigenvalue weighted by molar-refractivity contribution is -0.135. The number of carbonyl (C=O) groups is 4. The number of anilines is 1. The van der Waals surface area contributed by atoms with Crippen molar-refractivity contribution < 1.29 is 33.8 Å². The quantitative estimate of drug-likeness (QED) is 0.0902. The van der Waals surface area contributed by atoms with Gasteiger partial charge >= 0.3 is 5.97 Å². The van der Waals surface area contributed by atoms with Crippen molar-refractivity contribution in [3.8, 4) is 11.5 Å². The van der Waals surface area contributed by atoms with Crippen LogP contribution in [0, 0.1) is 12.8 Å². The largest absolute Gasteiger partial charge is 0.508 e. The first kappa shape index (κ1) is 27.7. The number of aromatic nitrogens is 1. The smallest absolute Gasteiger partial charge is 0.350 e. The zero-order chi connectivity index (χ0) is 28.1. The minimum absolute atomic E-state index is 0.00177. The molecule has 1 aliphatic rings. The molecule has 3 aromatic rings. The van der Waals surface area contributed by atoms with Gasteiger partial charge < -0.3 is 14.6 Å². The molecule has 4 rings (SSSR count). The molecule has 10 heteroatoms. The van der Waals surface area contributed by atoms with Crippen LogP contribution in [0.3, 0.4) is 0 Å². The van der Waals surface area contributed by atoms with Gasteiger partial charge in [-0.05, 0) is 55.3 Å². The number of Topliss-reactive ketones (excluding diaryl/α,β-unsaturated/α-hetero) is 2. The third kappa shape index (κ3) is 5.75. The minimum Gasteiger partial charge on any atom is -0.508 e. The maximum Gasteiger partial charge on any atom is 0.350 e. The van der Waals surface area contributed by atoms with Gasteiger partial charge in [-0.15, -0.1) is 0 Å². The van der Waals surface area contributed by atoms with Crippen molar-refractivity contribution in [1.82, 2.24) is 4.98 Å². The maximum atomic E-state index is 13.7. The number of aryl methyl sites for hydroxylation is 1. The summed E-state index contributed by atoms with van der Waals surface area (Å²) in [5, 5.41) is 9.91. The molecule has 0 radical (unpaired) electrons. The molecule has 0 aliphatic carbocycles. The van der Waals surface area contributed by atoms with Gasteiger partial charge in [0, 0.05) is 5.56 Å². The Balaban J connectivity index is 1.72. The van der Waals surface area contributed by atoms with Crippen LogP contribution >= 0.6 is 11.3 Å². The molecular weight excluding hydrogens is 520 g/mol. The zero-order valence-corrected chi connectivity index (χ0v) is 22.4. The summed E-state index contributed by atoms with van der Waals surface area (Å²) in [5.74, 6) is -3.75. The fraction of sp³-hybridized carbons (Fsp3) is 0.276. The van der Waals surface area contributed by atoms with Crippen LogP contribution in [0.5, 0.6) is 11.5 Å². The van der Waals surface area contributed by atoms with E-state index in [1.165, 1.54) is 18.2 Å². The Bertz CT molecular complexity index is 1400. The van der Waals surface area contributed by atoms with Gasteiger partial charge in [-0.25, -0.2) is 9.78 Å². The number of phenols is 1. The average molecular weight is 549 g/mol. The molecular formula is C29H28N2O7S. The summed E-state index contributed by atoms with van der Waals surface area (Å²) in [7, 11) is 0. The van der Waals surface area contributed by atoms with Gasteiger partial charge in [0.2, 0.25) is 5.78 Å². The molecule has 2 unspecified atom stereocenters. The molecule has 0 saturated carbocycles. The van der Waals surface area contributed by atoms with E-state index in [2.05, 4.69) is 18.5 Å². The second kappa shape index (κ2) is 12.0. The normalized spacial score (nSPS) is 16.8. The summed E-state index contributed by atoms with van der Waals surface area (Å²) in [5.41, 5.74) is 1.02. The summed E-state index contributed by atoms with van der Waals surface area (Å²) < 4.78 is 10.8. The van der Waals surface area contributed by atoms with Gasteiger partial charge in [0.25, 0.3) is 5.91 Å². The lowest BCUT2D eigenvalue weighted by atomic mass is 9.86. The molecule has 2 atom stereocenters. The van der Waals surface area contributed by atoms with Crippen molar-refractivity contribution in [3.05, 3.63) is 82.9 Å². The van der Waals surface area contributed by atoms with Crippen LogP contribution in [-0.2, 0) is 14.3 Å². The molecule has 0 bridgehead atoms. The highest BCUT2D eigenvalue weighted by molar-refractivity contribution is 7.17. The number of thiazole rings is 1. The molecule has 9 nitrogen and oxygen atoms in total. The van der Waals surface area contributed by atoms with E-state index in [9.17, 15) is 24.3 Å². The maximum absolute atomic E-state index is 13.7. The molecule has 0 spiro atoms. The van der Waals surface area contributed by atoms with E-state index < -0.39 is 35.4 Å². The van der Waals surface area contributed by atoms with Gasteiger partial charge in [0.1, 0.15) is 28.9 Å². The molecule has 2 aromatic carbocycles. The second-order valence-corrected chi connectivity index (χ2v) is 9.92. The summed E-state index contributed by atoms with van der Waals surface area (Å²) in [4.78, 5) is 58.6. The first-order valence-electron chi connectivity index (χ1n) is 12.5. The SMILES string of the molecule is C=CCOC(=O)c1sc(N2C(=O)C(=O)C(C(=O)c3ccc(OCCCC)cc3)C2c2ccc(O)cc2)nc1C. The van der Waals surface area contributed by atoms with Gasteiger partial charge in [-0.3, -0.25) is 19.3 Å². The number of unbranched alkanes of at least 4 members (excludes halogenated alkanes) is 1. The van der Waals surface area contributed by atoms with Gasteiger partial charge in [-0.1, -0.05) is 49.5 Å². The third-order valence-corrected chi connectivity index (χ3v) is 7.37. The number of hydrogen-bond donors (Lipinski definition) is 1. The van der Waals surface area contributed by atoms with E-state index in [0.717, 1.165) is 29.1 Å². The zero-order valence-electron chi connectivity index (χ0n) is 21.6. The van der Waals surface area contributed by atoms with E-state index in [1.54, 1.807) is 43.3 Å². The van der Waals surface area contributed by atoms with E-state index in [1.807, 2.05) is 0 Å². The van der Waals surface area contributed by atoms with Crippen LogP contribution in [0.25, 0.3) is 0 Å². The van der Waals surface area contributed by atoms with Crippen molar-refractivity contribution >= 4 is 39.9 Å². The van der Waals surface area contributed by atoms with Crippen LogP contribution in [0.2, 0.25) is 0 Å². The third-order valence-electron chi connectivity index (χ3n) is 6.24. The Morgan fingerprint density at radius 2 is 1.82 bits per heavy atom. The predicted octanol–water partition coefficient (Wildman–Crippen LogP) is 4.83. The number of rotatable bonds is 11. The highest BCUT2D eigenvalue weighted by Crippen LogP contribution is 2.43. The number of aromatic hydroxyl groups is 1. The Morgan fingerprint density at radius 3 is 2.46 bits per heavy atom. The topological polar surface area (TPSA) is 123 Å². The van der Waals surface area contributed by atoms with Crippen LogP contribution in [0.1, 0.15) is 57.1 Å². The van der Waals surface area contributed by atoms with Crippen LogP contribution < -0.4 is 9.64 Å². The van der Waals surface area contributed by atoms with E-state index in [0.29, 0.717) is 23.6 Å². The van der Waals surface area contributed by atoms with Crippen molar-refractivity contribution in [1.29, 1.82) is 0 Å². The number of benzene rings is 2. The van der Waals surface area contributed by atoms with E-state index in [-0.39, 0.29) is 27.9 Å². The number of nitrogens with zero attached hydrogens (tertiary/aromatic N) is 2. The van der Waals surface area contributed by atoms with Crippen molar-refractivity contribution in [3.63, 3.8) is 0 Å². The monoisotopic (exact) mass is 548 g/mol. The molecule has 1 aliphatic heterocycles. The van der Waals surface area contributed by atoms with Crippen LogP contribution in [0.4, 0.5) is 5.13 Å². The first-order valence-corrected chi connectivity index (χ1v) is 13.3. The molecule has 1 N–H and O–H groups in total. The highest BCUT2D eigenvalue weighted by atomic mass is 32.1. The van der Waals surface area contributed by atoms with Crippen LogP contribution in [0.15, 0.2) is 61.2 Å². The van der Waals surface area contributed by atoms with E-state index in [4.69, 9.17) is 9.47 Å². The lowest BCUT2D eigenvalue weighted by Crippen LogP contribution is -2.30. The Morgan fingerprint density at radius 1 is 1.13 bits per heavy atom. The van der Waals surface area contributed by atoms with Crippen molar-refractivity contribution in [2.75, 3.05) is 18.1 Å². The first-order chi connectivity index (χ1) is 18.8. The number of ether oxygens (including phenoxy) is 2. The van der Waals surface area contributed by atoms with Crippen molar-refractivity contribution in [2.45, 2.75) is 32.7 Å². The molecule has 1 saturated heterocycles. The molecule has 39 heavy (non-hydrogen) atoms. The highest BCUT2D eigenvalue weighted by Gasteiger charge is 2.53. The van der Waals surface area contributed by atoms with Gasteiger partial charge in [-0.2, -0.15) is 0 Å². The van der Waals surface area contributed by atoms with Gasteiger partial charge in [0.05, 0.1) is 18.3 Å². The number of ketones is 2. The Kier molecular flexibility index (Phi) is 8.55. The Labute approximate surface area is 229 Å². The molecule has 2 heterocycles. The molecule has 1 aromatic heterocycles. The summed E-state index contributed by atoms with van der Waals surface area (Å²) in [6, 6.07) is 11.3.